The zero-order valence-electron chi connectivity index (χ0n) is 45.1. The van der Waals surface area contributed by atoms with Gasteiger partial charge in [-0.05, 0) is 147 Å². The first kappa shape index (κ1) is 64.0. The molecule has 0 atom stereocenters. The maximum Gasteiger partial charge on any atom is 0.290 e. The average Bonchev–Trinajstić information content (AvgIpc) is 3.35. The second-order valence-corrected chi connectivity index (χ2v) is 19.5. The summed E-state index contributed by atoms with van der Waals surface area (Å²) in [5, 5.41) is 14.6. The van der Waals surface area contributed by atoms with Crippen LogP contribution < -0.4 is 18.9 Å². The van der Waals surface area contributed by atoms with Crippen molar-refractivity contribution in [2.75, 3.05) is 27.2 Å². The summed E-state index contributed by atoms with van der Waals surface area (Å²) >= 11 is 13.8. The molecule has 0 aromatic heterocycles. The van der Waals surface area contributed by atoms with Gasteiger partial charge in [-0.2, -0.15) is 0 Å². The molecule has 412 valence electrons. The Kier molecular flexibility index (Phi) is 27.8. The van der Waals surface area contributed by atoms with Crippen molar-refractivity contribution in [2.45, 2.75) is 108 Å². The molecule has 16 heteroatoms. The van der Waals surface area contributed by atoms with Crippen LogP contribution in [0.3, 0.4) is 0 Å². The van der Waals surface area contributed by atoms with Crippen molar-refractivity contribution in [2.24, 2.45) is 11.8 Å². The van der Waals surface area contributed by atoms with Gasteiger partial charge in [0.1, 0.15) is 72.7 Å². The van der Waals surface area contributed by atoms with Crippen molar-refractivity contribution >= 4 is 36.1 Å². The molecule has 0 fully saturated rings. The Hall–Kier alpha value is -6.32. The summed E-state index contributed by atoms with van der Waals surface area (Å²) in [7, 11) is 4.07. The first-order valence-corrected chi connectivity index (χ1v) is 25.8. The van der Waals surface area contributed by atoms with E-state index in [4.69, 9.17) is 62.0 Å². The molecule has 0 radical (unpaired) electrons. The van der Waals surface area contributed by atoms with Crippen LogP contribution in [0.2, 0.25) is 10.0 Å². The fraction of sp³-hybridized carbons (Fsp3) is 0.367. The topological polar surface area (TPSA) is 118 Å². The summed E-state index contributed by atoms with van der Waals surface area (Å²) in [5.41, 5.74) is 8.38. The molecule has 6 rings (SSSR count). The molecule has 0 saturated carbocycles. The maximum absolute atomic E-state index is 14.1. The van der Waals surface area contributed by atoms with E-state index in [0.717, 1.165) is 82.6 Å². The second-order valence-electron chi connectivity index (χ2n) is 18.7. The van der Waals surface area contributed by atoms with Gasteiger partial charge in [0, 0.05) is 48.5 Å². The van der Waals surface area contributed by atoms with Crippen LogP contribution in [0.1, 0.15) is 98.9 Å². The Morgan fingerprint density at radius 3 is 1.13 bits per heavy atom. The molecule has 6 aromatic rings. The Labute approximate surface area is 456 Å². The Morgan fingerprint density at radius 2 is 0.816 bits per heavy atom. The number of halogens is 6. The van der Waals surface area contributed by atoms with Crippen LogP contribution in [-0.2, 0) is 49.1 Å². The van der Waals surface area contributed by atoms with E-state index in [-0.39, 0.29) is 39.4 Å². The van der Waals surface area contributed by atoms with Gasteiger partial charge < -0.3 is 39.0 Å². The van der Waals surface area contributed by atoms with Crippen LogP contribution in [0.25, 0.3) is 11.1 Å². The van der Waals surface area contributed by atoms with E-state index in [2.05, 4.69) is 63.5 Å². The van der Waals surface area contributed by atoms with Gasteiger partial charge in [-0.3, -0.25) is 9.59 Å². The van der Waals surface area contributed by atoms with Gasteiger partial charge in [-0.15, -0.1) is 0 Å². The van der Waals surface area contributed by atoms with Gasteiger partial charge in [-0.1, -0.05) is 101 Å². The number of rotatable bonds is 23. The molecule has 0 unspecified atom stereocenters. The summed E-state index contributed by atoms with van der Waals surface area (Å²) < 4.78 is 81.4. The summed E-state index contributed by atoms with van der Waals surface area (Å²) in [6.45, 7) is 19.5. The van der Waals surface area contributed by atoms with E-state index >= 15 is 0 Å². The predicted octanol–water partition coefficient (Wildman–Crippen LogP) is 15.5. The van der Waals surface area contributed by atoms with Crippen molar-refractivity contribution < 1.29 is 56.3 Å². The van der Waals surface area contributed by atoms with Crippen LogP contribution in [0.15, 0.2) is 97.1 Å². The number of hydrogen-bond acceptors (Lipinski definition) is 8. The Morgan fingerprint density at radius 1 is 0.500 bits per heavy atom. The molecule has 0 aliphatic carbocycles. The standard InChI is InChI=1S/C56H62Cl2F4N2O4.C2H6.2CH2O2/c1-35(2)15-17-63(7)29-43-23-51(57)55(27-53(43)65-31-39-19-45(59)25-46(60)20-39)67-33-41-11-9-13-49(37(41)5)50-14-10-12-42(38(50)6)34-68-56-28-54(66-32-40-21-47(61)26-48(62)22-40)44(24-52(56)58)30-64(8)18-16-36(3)4;1-2;2*2-1-3/h9-14,19-28,35-36H,15-18,29-34H2,1-8H3;1-2H3;2*1H,(H,2,3). The molecule has 0 aliphatic heterocycles. The second kappa shape index (κ2) is 33.0. The number of nitrogens with zero attached hydrogens (tertiary/aromatic N) is 2. The summed E-state index contributed by atoms with van der Waals surface area (Å²) in [6.07, 6.45) is 2.04. The van der Waals surface area contributed by atoms with Crippen LogP contribution in [0.5, 0.6) is 23.0 Å². The van der Waals surface area contributed by atoms with Gasteiger partial charge in [0.15, 0.2) is 0 Å². The molecule has 0 spiro atoms. The fourth-order valence-corrected chi connectivity index (χ4v) is 8.35. The molecule has 0 bridgehead atoms. The number of hydrogen-bond donors (Lipinski definition) is 2. The van der Waals surface area contributed by atoms with E-state index < -0.39 is 23.3 Å². The predicted molar refractivity (Wildman–Crippen MR) is 295 cm³/mol. The average molecular weight is 1100 g/mol. The lowest BCUT2D eigenvalue weighted by atomic mass is 9.92. The minimum Gasteiger partial charge on any atom is -0.488 e. The third-order valence-corrected chi connectivity index (χ3v) is 12.5. The minimum atomic E-state index is -0.672. The van der Waals surface area contributed by atoms with Crippen molar-refractivity contribution in [3.8, 4) is 34.1 Å². The lowest BCUT2D eigenvalue weighted by Gasteiger charge is -2.22. The van der Waals surface area contributed by atoms with Gasteiger partial charge >= 0.3 is 0 Å². The molecule has 6 aromatic carbocycles. The maximum atomic E-state index is 14.1. The quantitative estimate of drug-likeness (QED) is 0.0474. The fourth-order valence-electron chi connectivity index (χ4n) is 7.87. The van der Waals surface area contributed by atoms with Gasteiger partial charge in [0.25, 0.3) is 12.9 Å². The lowest BCUT2D eigenvalue weighted by Crippen LogP contribution is -2.21. The van der Waals surface area contributed by atoms with E-state index in [1.807, 2.05) is 64.3 Å². The highest BCUT2D eigenvalue weighted by molar-refractivity contribution is 6.32. The Bertz CT molecular complexity index is 2550. The van der Waals surface area contributed by atoms with Crippen molar-refractivity contribution in [3.63, 3.8) is 0 Å². The number of carbonyl (C=O) groups is 2. The highest BCUT2D eigenvalue weighted by atomic mass is 35.5. The van der Waals surface area contributed by atoms with Crippen molar-refractivity contribution in [1.29, 1.82) is 0 Å². The van der Waals surface area contributed by atoms with Crippen LogP contribution in [-0.4, -0.2) is 60.1 Å². The minimum absolute atomic E-state index is 0.0460. The van der Waals surface area contributed by atoms with E-state index in [1.54, 1.807) is 12.1 Å². The molecular weight excluding hydrogens is 1020 g/mol. The Balaban J connectivity index is 0.00000179. The van der Waals surface area contributed by atoms with Gasteiger partial charge in [-0.25, -0.2) is 17.6 Å². The number of benzene rings is 6. The smallest absolute Gasteiger partial charge is 0.290 e. The monoisotopic (exact) mass is 1090 g/mol. The SMILES string of the molecule is CC.Cc1c(COc2cc(OCc3cc(F)cc(F)c3)c(CN(C)CCC(C)C)cc2Cl)cccc1-c1cccc(COc2cc(OCc3cc(F)cc(F)c3)c(CN(C)CCC(C)C)cc2Cl)c1C.O=CO.O=CO. The molecule has 2 N–H and O–H groups in total. The van der Waals surface area contributed by atoms with Crippen LogP contribution >= 0.6 is 23.2 Å². The lowest BCUT2D eigenvalue weighted by molar-refractivity contribution is -0.123. The van der Waals surface area contributed by atoms with Gasteiger partial charge in [0.2, 0.25) is 0 Å². The molecule has 10 nitrogen and oxygen atoms in total. The normalized spacial score (nSPS) is 10.8. The van der Waals surface area contributed by atoms with Crippen molar-refractivity contribution in [3.05, 3.63) is 175 Å². The molecule has 0 aliphatic rings. The van der Waals surface area contributed by atoms with Crippen molar-refractivity contribution in [1.82, 2.24) is 9.80 Å². The molecule has 0 saturated heterocycles. The molecule has 0 heterocycles. The van der Waals surface area contributed by atoms with Gasteiger partial charge in [0.05, 0.1) is 10.0 Å². The molecule has 0 amide bonds. The summed E-state index contributed by atoms with van der Waals surface area (Å²) in [6, 6.07) is 26.0. The van der Waals surface area contributed by atoms with E-state index in [1.165, 1.54) is 24.3 Å². The van der Waals surface area contributed by atoms with Crippen LogP contribution in [0.4, 0.5) is 17.6 Å². The summed E-state index contributed by atoms with van der Waals surface area (Å²) in [4.78, 5) is 21.1. The first-order chi connectivity index (χ1) is 36.2. The largest absolute Gasteiger partial charge is 0.488 e. The van der Waals surface area contributed by atoms with E-state index in [9.17, 15) is 17.6 Å². The number of ether oxygens (including phenoxy) is 4. The summed E-state index contributed by atoms with van der Waals surface area (Å²) in [5.74, 6) is 0.249. The molecular formula is C60H72Cl2F4N2O8. The van der Waals surface area contributed by atoms with E-state index in [0.29, 0.717) is 69.1 Å². The third-order valence-electron chi connectivity index (χ3n) is 11.9. The zero-order valence-corrected chi connectivity index (χ0v) is 46.6. The first-order valence-electron chi connectivity index (χ1n) is 25.0. The third kappa shape index (κ3) is 21.0. The highest BCUT2D eigenvalue weighted by Crippen LogP contribution is 2.38. The molecule has 76 heavy (non-hydrogen) atoms. The zero-order chi connectivity index (χ0) is 56.5. The van der Waals surface area contributed by atoms with Crippen LogP contribution in [0, 0.1) is 49.0 Å². The highest BCUT2D eigenvalue weighted by Gasteiger charge is 2.19. The number of carboxylic acid groups (broad SMARTS) is 2.